The molecule has 124 valence electrons. The van der Waals surface area contributed by atoms with Crippen molar-refractivity contribution in [1.29, 1.82) is 0 Å². The Hall–Kier alpha value is -2.12. The van der Waals surface area contributed by atoms with Crippen LogP contribution in [0.15, 0.2) is 18.5 Å². The number of hydrogen-bond acceptors (Lipinski definition) is 3. The van der Waals surface area contributed by atoms with Crippen LogP contribution >= 0.6 is 0 Å². The quantitative estimate of drug-likeness (QED) is 0.923. The number of nitrogens with zero attached hydrogens (tertiary/aromatic N) is 3. The van der Waals surface area contributed by atoms with E-state index in [9.17, 15) is 18.0 Å². The third kappa shape index (κ3) is 3.16. The summed E-state index contributed by atoms with van der Waals surface area (Å²) in [5, 5.41) is 6.92. The van der Waals surface area contributed by atoms with E-state index in [2.05, 4.69) is 15.4 Å². The van der Waals surface area contributed by atoms with Gasteiger partial charge in [0, 0.05) is 18.4 Å². The molecule has 8 heteroatoms. The Morgan fingerprint density at radius 3 is 2.91 bits per heavy atom. The summed E-state index contributed by atoms with van der Waals surface area (Å²) >= 11 is 0. The van der Waals surface area contributed by atoms with E-state index < -0.39 is 24.0 Å². The maximum absolute atomic E-state index is 12.9. The molecule has 1 N–H and O–H groups in total. The fourth-order valence-electron chi connectivity index (χ4n) is 3.14. The average molecular weight is 326 g/mol. The second kappa shape index (κ2) is 5.82. The normalized spacial score (nSPS) is 22.3. The highest BCUT2D eigenvalue weighted by Gasteiger charge is 2.42. The molecule has 0 aromatic carbocycles. The molecule has 2 unspecified atom stereocenters. The van der Waals surface area contributed by atoms with Crippen molar-refractivity contribution in [3.05, 3.63) is 29.7 Å². The first-order valence-electron chi connectivity index (χ1n) is 7.54. The topological polar surface area (TPSA) is 59.3 Å². The van der Waals surface area contributed by atoms with Gasteiger partial charge in [0.05, 0.1) is 11.6 Å². The van der Waals surface area contributed by atoms with Gasteiger partial charge in [0.15, 0.2) is 5.65 Å². The third-order valence-corrected chi connectivity index (χ3v) is 4.27. The summed E-state index contributed by atoms with van der Waals surface area (Å²) in [6.07, 6.45) is 0.102. The molecule has 2 heterocycles. The van der Waals surface area contributed by atoms with Gasteiger partial charge in [-0.1, -0.05) is 6.42 Å². The fourth-order valence-corrected chi connectivity index (χ4v) is 3.14. The van der Waals surface area contributed by atoms with Crippen LogP contribution in [0.3, 0.4) is 0 Å². The number of carbonyl (C=O) groups is 1. The van der Waals surface area contributed by atoms with Gasteiger partial charge in [-0.05, 0) is 32.3 Å². The van der Waals surface area contributed by atoms with Gasteiger partial charge < -0.3 is 5.32 Å². The highest BCUT2D eigenvalue weighted by molar-refractivity contribution is 6.01. The maximum atomic E-state index is 12.9. The lowest BCUT2D eigenvalue weighted by Crippen LogP contribution is -2.41. The van der Waals surface area contributed by atoms with Gasteiger partial charge in [-0.3, -0.25) is 4.79 Å². The molecular weight excluding hydrogens is 309 g/mol. The zero-order chi connectivity index (χ0) is 16.6. The molecule has 1 fully saturated rings. The molecule has 0 saturated heterocycles. The van der Waals surface area contributed by atoms with Crippen LogP contribution < -0.4 is 5.32 Å². The number of hydrogen-bond donors (Lipinski definition) is 1. The van der Waals surface area contributed by atoms with E-state index in [0.29, 0.717) is 29.7 Å². The number of rotatable bonds is 2. The smallest absolute Gasteiger partial charge is 0.349 e. The molecule has 0 radical (unpaired) electrons. The van der Waals surface area contributed by atoms with Gasteiger partial charge in [0.25, 0.3) is 5.91 Å². The number of amides is 1. The SMILES string of the molecule is Cc1nn2cccnc2c1C(=O)NC1CCCC(C(F)(F)F)C1. The monoisotopic (exact) mass is 326 g/mol. The number of nitrogens with one attached hydrogen (secondary N) is 1. The van der Waals surface area contributed by atoms with Crippen molar-refractivity contribution in [2.75, 3.05) is 0 Å². The lowest BCUT2D eigenvalue weighted by Gasteiger charge is -2.30. The third-order valence-electron chi connectivity index (χ3n) is 4.27. The van der Waals surface area contributed by atoms with Crippen molar-refractivity contribution >= 4 is 11.6 Å². The summed E-state index contributed by atoms with van der Waals surface area (Å²) < 4.78 is 40.1. The van der Waals surface area contributed by atoms with Crippen LogP contribution in [0.2, 0.25) is 0 Å². The van der Waals surface area contributed by atoms with Crippen molar-refractivity contribution in [1.82, 2.24) is 19.9 Å². The zero-order valence-corrected chi connectivity index (χ0v) is 12.6. The van der Waals surface area contributed by atoms with Crippen LogP contribution in [0, 0.1) is 12.8 Å². The molecular formula is C15H17F3N4O. The Morgan fingerprint density at radius 1 is 1.39 bits per heavy atom. The van der Waals surface area contributed by atoms with Gasteiger partial charge in [0.1, 0.15) is 5.56 Å². The Bertz CT molecular complexity index is 725. The van der Waals surface area contributed by atoms with Crippen LogP contribution in [0.5, 0.6) is 0 Å². The molecule has 1 aliphatic carbocycles. The lowest BCUT2D eigenvalue weighted by atomic mass is 9.85. The first-order valence-corrected chi connectivity index (χ1v) is 7.54. The van der Waals surface area contributed by atoms with Crippen molar-refractivity contribution in [2.24, 2.45) is 5.92 Å². The molecule has 0 spiro atoms. The fraction of sp³-hybridized carbons (Fsp3) is 0.533. The van der Waals surface area contributed by atoms with Crippen molar-refractivity contribution < 1.29 is 18.0 Å². The summed E-state index contributed by atoms with van der Waals surface area (Å²) in [6.45, 7) is 1.68. The molecule has 2 aromatic heterocycles. The Kier molecular flexibility index (Phi) is 3.99. The number of halogens is 3. The molecule has 2 atom stereocenters. The summed E-state index contributed by atoms with van der Waals surface area (Å²) in [7, 11) is 0. The van der Waals surface area contributed by atoms with E-state index in [0.717, 1.165) is 0 Å². The van der Waals surface area contributed by atoms with Crippen LogP contribution in [-0.2, 0) is 0 Å². The van der Waals surface area contributed by atoms with Gasteiger partial charge in [-0.2, -0.15) is 18.3 Å². The summed E-state index contributed by atoms with van der Waals surface area (Å²) in [5.74, 6) is -1.76. The minimum atomic E-state index is -4.20. The molecule has 1 amide bonds. The van der Waals surface area contributed by atoms with Crippen LogP contribution in [0.1, 0.15) is 41.7 Å². The maximum Gasteiger partial charge on any atom is 0.391 e. The number of fused-ring (bicyclic) bond motifs is 1. The van der Waals surface area contributed by atoms with E-state index in [4.69, 9.17) is 0 Å². The highest BCUT2D eigenvalue weighted by Crippen LogP contribution is 2.37. The van der Waals surface area contributed by atoms with Gasteiger partial charge in [-0.25, -0.2) is 9.50 Å². The minimum absolute atomic E-state index is 0.0685. The van der Waals surface area contributed by atoms with Gasteiger partial charge in [-0.15, -0.1) is 0 Å². The second-order valence-electron chi connectivity index (χ2n) is 5.92. The van der Waals surface area contributed by atoms with E-state index in [-0.39, 0.29) is 12.8 Å². The number of carbonyl (C=O) groups excluding carboxylic acids is 1. The Morgan fingerprint density at radius 2 is 2.17 bits per heavy atom. The first-order chi connectivity index (χ1) is 10.9. The average Bonchev–Trinajstić information content (AvgIpc) is 2.82. The number of alkyl halides is 3. The van der Waals surface area contributed by atoms with Crippen molar-refractivity contribution in [3.63, 3.8) is 0 Å². The highest BCUT2D eigenvalue weighted by atomic mass is 19.4. The molecule has 5 nitrogen and oxygen atoms in total. The van der Waals surface area contributed by atoms with Gasteiger partial charge in [0.2, 0.25) is 0 Å². The molecule has 23 heavy (non-hydrogen) atoms. The minimum Gasteiger partial charge on any atom is -0.349 e. The standard InChI is InChI=1S/C15H17F3N4O/c1-9-12(13-19-6-3-7-22(13)21-9)14(23)20-11-5-2-4-10(8-11)15(16,17)18/h3,6-7,10-11H,2,4-5,8H2,1H3,(H,20,23). The zero-order valence-electron chi connectivity index (χ0n) is 12.6. The summed E-state index contributed by atoms with van der Waals surface area (Å²) in [4.78, 5) is 16.6. The predicted octanol–water partition coefficient (Wildman–Crippen LogP) is 2.89. The molecule has 0 bridgehead atoms. The van der Waals surface area contributed by atoms with E-state index >= 15 is 0 Å². The Labute approximate surface area is 130 Å². The van der Waals surface area contributed by atoms with Crippen LogP contribution in [0.4, 0.5) is 13.2 Å². The summed E-state index contributed by atoms with van der Waals surface area (Å²) in [6, 6.07) is 1.22. The molecule has 1 aliphatic rings. The lowest BCUT2D eigenvalue weighted by molar-refractivity contribution is -0.183. The second-order valence-corrected chi connectivity index (χ2v) is 5.92. The molecule has 2 aromatic rings. The van der Waals surface area contributed by atoms with E-state index in [1.165, 1.54) is 4.52 Å². The first kappa shape index (κ1) is 15.8. The van der Waals surface area contributed by atoms with E-state index in [1.54, 1.807) is 25.4 Å². The Balaban J connectivity index is 1.77. The molecule has 0 aliphatic heterocycles. The van der Waals surface area contributed by atoms with Crippen molar-refractivity contribution in [3.8, 4) is 0 Å². The predicted molar refractivity (Wildman–Crippen MR) is 77.0 cm³/mol. The number of aryl methyl sites for hydroxylation is 1. The largest absolute Gasteiger partial charge is 0.391 e. The summed E-state index contributed by atoms with van der Waals surface area (Å²) in [5.41, 5.74) is 1.23. The molecule has 1 saturated carbocycles. The van der Waals surface area contributed by atoms with Crippen LogP contribution in [-0.4, -0.2) is 32.7 Å². The molecule has 3 rings (SSSR count). The number of aromatic nitrogens is 3. The van der Waals surface area contributed by atoms with Gasteiger partial charge >= 0.3 is 6.18 Å². The van der Waals surface area contributed by atoms with E-state index in [1.807, 2.05) is 0 Å². The van der Waals surface area contributed by atoms with Crippen molar-refractivity contribution in [2.45, 2.75) is 44.8 Å². The van der Waals surface area contributed by atoms with Crippen LogP contribution in [0.25, 0.3) is 5.65 Å².